The molecule has 1 amide bonds. The highest BCUT2D eigenvalue weighted by Gasteiger charge is 2.30. The summed E-state index contributed by atoms with van der Waals surface area (Å²) in [7, 11) is 0. The number of nitrogens with one attached hydrogen (secondary N) is 1. The maximum absolute atomic E-state index is 12.2. The average Bonchev–Trinajstić information content (AvgIpc) is 2.87. The van der Waals surface area contributed by atoms with Gasteiger partial charge >= 0.3 is 0 Å². The number of amides is 1. The number of anilines is 2. The van der Waals surface area contributed by atoms with E-state index in [-0.39, 0.29) is 17.9 Å². The summed E-state index contributed by atoms with van der Waals surface area (Å²) in [5.74, 6) is 0.0245. The van der Waals surface area contributed by atoms with E-state index in [2.05, 4.69) is 43.1 Å². The molecule has 0 spiro atoms. The standard InChI is InChI=1S/C17H27N3O/c1-4-20(12(2)3)14-10-8-13(9-11-14)19-17(21)15-6-5-7-16(15)18/h8-12,15-16H,4-7,18H2,1-3H3,(H,19,21). The third-order valence-electron chi connectivity index (χ3n) is 4.34. The molecule has 2 atom stereocenters. The van der Waals surface area contributed by atoms with Gasteiger partial charge in [-0.1, -0.05) is 6.42 Å². The fraction of sp³-hybridized carbons (Fsp3) is 0.588. The molecule has 1 fully saturated rings. The van der Waals surface area contributed by atoms with E-state index in [9.17, 15) is 4.79 Å². The van der Waals surface area contributed by atoms with Crippen LogP contribution >= 0.6 is 0 Å². The SMILES string of the molecule is CCN(c1ccc(NC(=O)C2CCCC2N)cc1)C(C)C. The first-order valence-electron chi connectivity index (χ1n) is 7.96. The summed E-state index contributed by atoms with van der Waals surface area (Å²) in [4.78, 5) is 14.5. The van der Waals surface area contributed by atoms with Gasteiger partial charge in [0.25, 0.3) is 0 Å². The zero-order valence-electron chi connectivity index (χ0n) is 13.3. The summed E-state index contributed by atoms with van der Waals surface area (Å²) < 4.78 is 0. The Kier molecular flexibility index (Phi) is 5.23. The van der Waals surface area contributed by atoms with Gasteiger partial charge in [0.2, 0.25) is 5.91 Å². The highest BCUT2D eigenvalue weighted by molar-refractivity contribution is 5.93. The van der Waals surface area contributed by atoms with Gasteiger partial charge in [0.15, 0.2) is 0 Å². The first kappa shape index (κ1) is 15.8. The highest BCUT2D eigenvalue weighted by Crippen LogP contribution is 2.26. The number of hydrogen-bond acceptors (Lipinski definition) is 3. The predicted molar refractivity (Wildman–Crippen MR) is 88.5 cm³/mol. The van der Waals surface area contributed by atoms with Crippen molar-refractivity contribution in [1.82, 2.24) is 0 Å². The zero-order chi connectivity index (χ0) is 15.4. The Labute approximate surface area is 127 Å². The number of nitrogens with zero attached hydrogens (tertiary/aromatic N) is 1. The van der Waals surface area contributed by atoms with E-state index in [0.717, 1.165) is 31.5 Å². The van der Waals surface area contributed by atoms with Crippen molar-refractivity contribution in [2.24, 2.45) is 11.7 Å². The summed E-state index contributed by atoms with van der Waals surface area (Å²) in [6.45, 7) is 7.48. The minimum atomic E-state index is -0.0347. The lowest BCUT2D eigenvalue weighted by atomic mass is 10.0. The van der Waals surface area contributed by atoms with Gasteiger partial charge in [-0.3, -0.25) is 4.79 Å². The van der Waals surface area contributed by atoms with E-state index in [0.29, 0.717) is 6.04 Å². The van der Waals surface area contributed by atoms with Gasteiger partial charge in [-0.25, -0.2) is 0 Å². The van der Waals surface area contributed by atoms with Gasteiger partial charge in [-0.15, -0.1) is 0 Å². The Morgan fingerprint density at radius 1 is 1.33 bits per heavy atom. The van der Waals surface area contributed by atoms with Crippen LogP contribution in [0.25, 0.3) is 0 Å². The Bertz CT molecular complexity index is 469. The molecule has 4 heteroatoms. The second-order valence-electron chi connectivity index (χ2n) is 6.12. The first-order valence-corrected chi connectivity index (χ1v) is 7.96. The van der Waals surface area contributed by atoms with Gasteiger partial charge in [0.05, 0.1) is 5.92 Å². The van der Waals surface area contributed by atoms with Crippen LogP contribution in [0.4, 0.5) is 11.4 Å². The molecular weight excluding hydrogens is 262 g/mol. The summed E-state index contributed by atoms with van der Waals surface area (Å²) in [5.41, 5.74) is 8.01. The molecule has 21 heavy (non-hydrogen) atoms. The number of hydrogen-bond donors (Lipinski definition) is 2. The molecule has 1 aliphatic carbocycles. The lowest BCUT2D eigenvalue weighted by Gasteiger charge is -2.27. The lowest BCUT2D eigenvalue weighted by molar-refractivity contribution is -0.120. The second-order valence-corrected chi connectivity index (χ2v) is 6.12. The van der Waals surface area contributed by atoms with Crippen molar-refractivity contribution in [2.45, 2.75) is 52.1 Å². The summed E-state index contributed by atoms with van der Waals surface area (Å²) in [5, 5.41) is 2.99. The van der Waals surface area contributed by atoms with E-state index < -0.39 is 0 Å². The molecule has 0 saturated heterocycles. The van der Waals surface area contributed by atoms with E-state index in [4.69, 9.17) is 5.73 Å². The number of carbonyl (C=O) groups excluding carboxylic acids is 1. The third-order valence-corrected chi connectivity index (χ3v) is 4.34. The Morgan fingerprint density at radius 3 is 2.48 bits per heavy atom. The number of rotatable bonds is 5. The van der Waals surface area contributed by atoms with Crippen LogP contribution in [-0.2, 0) is 4.79 Å². The van der Waals surface area contributed by atoms with Crippen molar-refractivity contribution in [3.8, 4) is 0 Å². The fourth-order valence-electron chi connectivity index (χ4n) is 3.13. The van der Waals surface area contributed by atoms with E-state index in [1.165, 1.54) is 5.69 Å². The van der Waals surface area contributed by atoms with Crippen molar-refractivity contribution in [2.75, 3.05) is 16.8 Å². The van der Waals surface area contributed by atoms with Gasteiger partial charge in [0, 0.05) is 30.0 Å². The quantitative estimate of drug-likeness (QED) is 0.876. The highest BCUT2D eigenvalue weighted by atomic mass is 16.1. The van der Waals surface area contributed by atoms with Crippen LogP contribution in [-0.4, -0.2) is 24.5 Å². The van der Waals surface area contributed by atoms with E-state index >= 15 is 0 Å². The monoisotopic (exact) mass is 289 g/mol. The average molecular weight is 289 g/mol. The number of nitrogens with two attached hydrogens (primary N) is 1. The molecule has 0 aromatic heterocycles. The lowest BCUT2D eigenvalue weighted by Crippen LogP contribution is -2.34. The molecule has 0 radical (unpaired) electrons. The normalized spacial score (nSPS) is 21.6. The molecule has 1 saturated carbocycles. The van der Waals surface area contributed by atoms with E-state index in [1.54, 1.807) is 0 Å². The second kappa shape index (κ2) is 6.94. The minimum Gasteiger partial charge on any atom is -0.369 e. The summed E-state index contributed by atoms with van der Waals surface area (Å²) in [6, 6.07) is 8.55. The van der Waals surface area contributed by atoms with Gasteiger partial charge in [-0.05, 0) is 57.9 Å². The van der Waals surface area contributed by atoms with Gasteiger partial charge < -0.3 is 16.0 Å². The minimum absolute atomic E-state index is 0.0146. The van der Waals surface area contributed by atoms with Crippen LogP contribution in [0.3, 0.4) is 0 Å². The molecule has 4 nitrogen and oxygen atoms in total. The molecule has 2 unspecified atom stereocenters. The van der Waals surface area contributed by atoms with Crippen molar-refractivity contribution < 1.29 is 4.79 Å². The fourth-order valence-corrected chi connectivity index (χ4v) is 3.13. The molecule has 1 aromatic rings. The van der Waals surface area contributed by atoms with Crippen LogP contribution in [0.1, 0.15) is 40.0 Å². The van der Waals surface area contributed by atoms with Crippen LogP contribution < -0.4 is 16.0 Å². The van der Waals surface area contributed by atoms with Gasteiger partial charge in [0.1, 0.15) is 0 Å². The molecule has 1 aromatic carbocycles. The summed E-state index contributed by atoms with van der Waals surface area (Å²) >= 11 is 0. The largest absolute Gasteiger partial charge is 0.369 e. The zero-order valence-corrected chi connectivity index (χ0v) is 13.3. The third kappa shape index (κ3) is 3.76. The van der Waals surface area contributed by atoms with Crippen LogP contribution in [0.5, 0.6) is 0 Å². The maximum Gasteiger partial charge on any atom is 0.229 e. The van der Waals surface area contributed by atoms with Crippen molar-refractivity contribution in [1.29, 1.82) is 0 Å². The van der Waals surface area contributed by atoms with E-state index in [1.807, 2.05) is 12.1 Å². The first-order chi connectivity index (χ1) is 10.0. The molecule has 116 valence electrons. The predicted octanol–water partition coefficient (Wildman–Crippen LogP) is 2.99. The van der Waals surface area contributed by atoms with Crippen LogP contribution in [0.2, 0.25) is 0 Å². The molecule has 3 N–H and O–H groups in total. The molecule has 1 aliphatic rings. The van der Waals surface area contributed by atoms with Gasteiger partial charge in [-0.2, -0.15) is 0 Å². The van der Waals surface area contributed by atoms with Crippen LogP contribution in [0.15, 0.2) is 24.3 Å². The number of carbonyl (C=O) groups is 1. The summed E-state index contributed by atoms with van der Waals surface area (Å²) in [6.07, 6.45) is 2.91. The Hall–Kier alpha value is -1.55. The Morgan fingerprint density at radius 2 is 2.00 bits per heavy atom. The van der Waals surface area contributed by atoms with Crippen LogP contribution in [0, 0.1) is 5.92 Å². The molecule has 0 bridgehead atoms. The van der Waals surface area contributed by atoms with Crippen molar-refractivity contribution >= 4 is 17.3 Å². The maximum atomic E-state index is 12.2. The number of benzene rings is 1. The topological polar surface area (TPSA) is 58.4 Å². The molecule has 0 heterocycles. The molecular formula is C17H27N3O. The van der Waals surface area contributed by atoms with Crippen molar-refractivity contribution in [3.05, 3.63) is 24.3 Å². The Balaban J connectivity index is 2.00. The smallest absolute Gasteiger partial charge is 0.229 e. The van der Waals surface area contributed by atoms with Crippen molar-refractivity contribution in [3.63, 3.8) is 0 Å². The molecule has 2 rings (SSSR count). The molecule has 0 aliphatic heterocycles.